The van der Waals surface area contributed by atoms with Gasteiger partial charge in [0.2, 0.25) is 15.8 Å². The van der Waals surface area contributed by atoms with Crippen LogP contribution in [0.1, 0.15) is 24.0 Å². The van der Waals surface area contributed by atoms with Gasteiger partial charge in [0.25, 0.3) is 0 Å². The minimum Gasteiger partial charge on any atom is -0.351 e. The molecular formula is C12H13F3N2O3S2. The molecule has 0 unspecified atom stereocenters. The molecule has 0 fully saturated rings. The van der Waals surface area contributed by atoms with Crippen molar-refractivity contribution >= 4 is 21.4 Å². The molecule has 122 valence electrons. The van der Waals surface area contributed by atoms with Gasteiger partial charge in [0.15, 0.2) is 0 Å². The molecule has 10 heteroatoms. The number of alkyl halides is 3. The van der Waals surface area contributed by atoms with Crippen LogP contribution < -0.4 is 4.72 Å². The van der Waals surface area contributed by atoms with E-state index in [2.05, 4.69) is 14.4 Å². The number of nitrogens with zero attached hydrogens (tertiary/aromatic N) is 1. The minimum atomic E-state index is -4.63. The Morgan fingerprint density at radius 1 is 1.36 bits per heavy atom. The molecule has 2 rings (SSSR count). The standard InChI is InChI=1S/C12H13F3N2O3S2/c1-3-4-16-22(18,19)10-6-9(21-7(10)2)8-5-11(20-17-8)12(13,14)15/h5-6,16H,3-4H2,1-2H3. The van der Waals surface area contributed by atoms with Crippen molar-refractivity contribution in [3.63, 3.8) is 0 Å². The lowest BCUT2D eigenvalue weighted by molar-refractivity contribution is -0.155. The number of halogens is 3. The van der Waals surface area contributed by atoms with Crippen LogP contribution in [0.4, 0.5) is 13.2 Å². The Bertz CT molecular complexity index is 763. The van der Waals surface area contributed by atoms with Gasteiger partial charge >= 0.3 is 6.18 Å². The molecule has 0 aliphatic carbocycles. The average Bonchev–Trinajstić information content (AvgIpc) is 3.02. The summed E-state index contributed by atoms with van der Waals surface area (Å²) >= 11 is 1.04. The van der Waals surface area contributed by atoms with Crippen molar-refractivity contribution in [2.45, 2.75) is 31.3 Å². The fourth-order valence-electron chi connectivity index (χ4n) is 1.70. The first-order valence-electron chi connectivity index (χ1n) is 6.29. The summed E-state index contributed by atoms with van der Waals surface area (Å²) in [5, 5.41) is 3.35. The van der Waals surface area contributed by atoms with Crippen molar-refractivity contribution in [3.05, 3.63) is 22.8 Å². The van der Waals surface area contributed by atoms with E-state index in [9.17, 15) is 21.6 Å². The Morgan fingerprint density at radius 3 is 2.59 bits per heavy atom. The van der Waals surface area contributed by atoms with Crippen LogP contribution in [0.5, 0.6) is 0 Å². The number of rotatable bonds is 5. The zero-order valence-corrected chi connectivity index (χ0v) is 13.3. The number of sulfonamides is 1. The summed E-state index contributed by atoms with van der Waals surface area (Å²) in [6.07, 6.45) is -4.00. The van der Waals surface area contributed by atoms with Gasteiger partial charge in [0.1, 0.15) is 5.69 Å². The van der Waals surface area contributed by atoms with E-state index in [4.69, 9.17) is 0 Å². The molecule has 2 aromatic rings. The van der Waals surface area contributed by atoms with E-state index >= 15 is 0 Å². The van der Waals surface area contributed by atoms with Gasteiger partial charge in [-0.05, 0) is 19.4 Å². The van der Waals surface area contributed by atoms with E-state index in [1.807, 2.05) is 6.92 Å². The monoisotopic (exact) mass is 354 g/mol. The molecule has 0 bridgehead atoms. The molecule has 0 saturated heterocycles. The van der Waals surface area contributed by atoms with Gasteiger partial charge in [-0.25, -0.2) is 13.1 Å². The summed E-state index contributed by atoms with van der Waals surface area (Å²) in [6, 6.07) is 2.05. The molecule has 22 heavy (non-hydrogen) atoms. The minimum absolute atomic E-state index is 0.0394. The van der Waals surface area contributed by atoms with E-state index in [1.54, 1.807) is 6.92 Å². The second-order valence-corrected chi connectivity index (χ2v) is 7.49. The molecule has 2 heterocycles. The Kier molecular flexibility index (Phi) is 4.64. The molecule has 0 spiro atoms. The number of aryl methyl sites for hydroxylation is 1. The predicted molar refractivity (Wildman–Crippen MR) is 75.0 cm³/mol. The summed E-state index contributed by atoms with van der Waals surface area (Å²) in [5.41, 5.74) is -0.0441. The Labute approximate surface area is 129 Å². The van der Waals surface area contributed by atoms with Crippen LogP contribution in [0.25, 0.3) is 10.6 Å². The highest BCUT2D eigenvalue weighted by atomic mass is 32.2. The van der Waals surface area contributed by atoms with Crippen LogP contribution in [0.3, 0.4) is 0 Å². The highest BCUT2D eigenvalue weighted by Gasteiger charge is 2.36. The molecule has 2 aromatic heterocycles. The first kappa shape index (κ1) is 17.0. The summed E-state index contributed by atoms with van der Waals surface area (Å²) in [4.78, 5) is 0.807. The van der Waals surface area contributed by atoms with Crippen LogP contribution in [0, 0.1) is 6.92 Å². The molecule has 0 saturated carbocycles. The van der Waals surface area contributed by atoms with Crippen molar-refractivity contribution in [2.75, 3.05) is 6.54 Å². The second-order valence-electron chi connectivity index (χ2n) is 4.50. The molecule has 0 radical (unpaired) electrons. The number of hydrogen-bond acceptors (Lipinski definition) is 5. The fraction of sp³-hybridized carbons (Fsp3) is 0.417. The molecular weight excluding hydrogens is 341 g/mol. The van der Waals surface area contributed by atoms with Gasteiger partial charge in [0, 0.05) is 17.5 Å². The van der Waals surface area contributed by atoms with Crippen molar-refractivity contribution in [2.24, 2.45) is 0 Å². The Hall–Kier alpha value is -1.39. The van der Waals surface area contributed by atoms with E-state index in [-0.39, 0.29) is 17.1 Å². The first-order chi connectivity index (χ1) is 10.1. The zero-order chi connectivity index (χ0) is 16.5. The smallest absolute Gasteiger partial charge is 0.351 e. The van der Waals surface area contributed by atoms with Crippen LogP contribution >= 0.6 is 11.3 Å². The molecule has 5 nitrogen and oxygen atoms in total. The van der Waals surface area contributed by atoms with Crippen LogP contribution in [-0.4, -0.2) is 20.1 Å². The summed E-state index contributed by atoms with van der Waals surface area (Å²) < 4.78 is 68.3. The predicted octanol–water partition coefficient (Wildman–Crippen LogP) is 3.42. The topological polar surface area (TPSA) is 72.2 Å². The van der Waals surface area contributed by atoms with E-state index < -0.39 is 22.0 Å². The average molecular weight is 354 g/mol. The lowest BCUT2D eigenvalue weighted by Gasteiger charge is -2.03. The van der Waals surface area contributed by atoms with Crippen LogP contribution in [-0.2, 0) is 16.2 Å². The van der Waals surface area contributed by atoms with E-state index in [1.165, 1.54) is 6.07 Å². The van der Waals surface area contributed by atoms with Gasteiger partial charge in [0.05, 0.1) is 9.77 Å². The molecule has 0 aliphatic heterocycles. The number of hydrogen-bond donors (Lipinski definition) is 1. The third kappa shape index (κ3) is 3.50. The fourth-order valence-corrected chi connectivity index (χ4v) is 4.37. The van der Waals surface area contributed by atoms with E-state index in [0.29, 0.717) is 16.2 Å². The zero-order valence-electron chi connectivity index (χ0n) is 11.7. The lowest BCUT2D eigenvalue weighted by Crippen LogP contribution is -2.24. The lowest BCUT2D eigenvalue weighted by atomic mass is 10.3. The number of thiophene rings is 1. The van der Waals surface area contributed by atoms with Crippen molar-refractivity contribution < 1.29 is 26.1 Å². The maximum atomic E-state index is 12.5. The molecule has 0 aliphatic rings. The largest absolute Gasteiger partial charge is 0.452 e. The maximum absolute atomic E-state index is 12.5. The summed E-state index contributed by atoms with van der Waals surface area (Å²) in [6.45, 7) is 3.69. The first-order valence-corrected chi connectivity index (χ1v) is 8.59. The van der Waals surface area contributed by atoms with Crippen molar-refractivity contribution in [1.29, 1.82) is 0 Å². The van der Waals surface area contributed by atoms with Crippen LogP contribution in [0.15, 0.2) is 21.6 Å². The third-order valence-electron chi connectivity index (χ3n) is 2.75. The maximum Gasteiger partial charge on any atom is 0.452 e. The Morgan fingerprint density at radius 2 is 2.05 bits per heavy atom. The van der Waals surface area contributed by atoms with Crippen molar-refractivity contribution in [1.82, 2.24) is 9.88 Å². The molecule has 0 atom stereocenters. The molecule has 1 N–H and O–H groups in total. The highest BCUT2D eigenvalue weighted by molar-refractivity contribution is 7.89. The van der Waals surface area contributed by atoms with E-state index in [0.717, 1.165) is 17.4 Å². The van der Waals surface area contributed by atoms with Gasteiger partial charge in [-0.2, -0.15) is 13.2 Å². The van der Waals surface area contributed by atoms with Crippen LogP contribution in [0.2, 0.25) is 0 Å². The SMILES string of the molecule is CCCNS(=O)(=O)c1cc(-c2cc(C(F)(F)F)on2)sc1C. The normalized spacial score (nSPS) is 12.8. The third-order valence-corrected chi connectivity index (χ3v) is 5.54. The highest BCUT2D eigenvalue weighted by Crippen LogP contribution is 2.36. The summed E-state index contributed by atoms with van der Waals surface area (Å²) in [7, 11) is -3.68. The molecule has 0 amide bonds. The van der Waals surface area contributed by atoms with Gasteiger partial charge in [-0.3, -0.25) is 0 Å². The van der Waals surface area contributed by atoms with Gasteiger partial charge in [-0.1, -0.05) is 12.1 Å². The van der Waals surface area contributed by atoms with Crippen molar-refractivity contribution in [3.8, 4) is 10.6 Å². The Balaban J connectivity index is 2.36. The number of aromatic nitrogens is 1. The van der Waals surface area contributed by atoms with Gasteiger partial charge in [-0.15, -0.1) is 11.3 Å². The second kappa shape index (κ2) is 6.01. The van der Waals surface area contributed by atoms with Gasteiger partial charge < -0.3 is 4.52 Å². The molecule has 0 aromatic carbocycles. The quantitative estimate of drug-likeness (QED) is 0.893. The number of nitrogens with one attached hydrogen (secondary N) is 1. The summed E-state index contributed by atoms with van der Waals surface area (Å²) in [5.74, 6) is -1.22.